The maximum atomic E-state index is 13.7. The van der Waals surface area contributed by atoms with Crippen molar-refractivity contribution in [3.05, 3.63) is 60.4 Å². The fourth-order valence-electron chi connectivity index (χ4n) is 5.12. The van der Waals surface area contributed by atoms with Crippen LogP contribution in [0.15, 0.2) is 54.9 Å². The second-order valence-electron chi connectivity index (χ2n) is 9.77. The van der Waals surface area contributed by atoms with Gasteiger partial charge >= 0.3 is 12.0 Å². The number of rotatable bonds is 7. The Morgan fingerprint density at radius 2 is 1.79 bits per heavy atom. The van der Waals surface area contributed by atoms with Gasteiger partial charge in [-0.15, -0.1) is 0 Å². The highest BCUT2D eigenvalue weighted by Gasteiger charge is 2.40. The van der Waals surface area contributed by atoms with Crippen LogP contribution in [0.3, 0.4) is 0 Å². The van der Waals surface area contributed by atoms with E-state index in [2.05, 4.69) is 15.6 Å². The highest BCUT2D eigenvalue weighted by molar-refractivity contribution is 5.94. The normalized spacial score (nSPS) is 18.8. The number of esters is 1. The van der Waals surface area contributed by atoms with Gasteiger partial charge in [-0.2, -0.15) is 0 Å². The number of ether oxygens (including phenoxy) is 1. The van der Waals surface area contributed by atoms with Crippen LogP contribution in [0.25, 0.3) is 0 Å². The Kier molecular flexibility index (Phi) is 9.29. The topological polar surface area (TPSA) is 121 Å². The first-order chi connectivity index (χ1) is 18.5. The standard InChI is InChI=1S/C28H35N5O5/c1-38-27(36)23(17-20-9-8-14-29-18-20)31-25(34)24-19-32(28(37)30-22-12-6-3-7-13-22)15-16-33(24)26(35)21-10-4-2-5-11-21/h3,6-9,12-14,18,21,23-24H,2,4-5,10-11,15-17,19H2,1H3,(H,30,37)(H,31,34)/t23-,24-/m1/s1. The van der Waals surface area contributed by atoms with Crippen LogP contribution < -0.4 is 10.6 Å². The SMILES string of the molecule is COC(=O)[C@@H](Cc1cccnc1)NC(=O)[C@H]1CN(C(=O)Nc2ccccc2)CCN1C(=O)C1CCCCC1. The number of aromatic nitrogens is 1. The van der Waals surface area contributed by atoms with E-state index in [1.54, 1.807) is 35.5 Å². The molecule has 2 N–H and O–H groups in total. The second kappa shape index (κ2) is 13.0. The van der Waals surface area contributed by atoms with Crippen LogP contribution >= 0.6 is 0 Å². The van der Waals surface area contributed by atoms with E-state index >= 15 is 0 Å². The van der Waals surface area contributed by atoms with Crippen LogP contribution in [0.5, 0.6) is 0 Å². The molecule has 0 spiro atoms. The van der Waals surface area contributed by atoms with Gasteiger partial charge in [0, 0.05) is 43.5 Å². The van der Waals surface area contributed by atoms with Crippen molar-refractivity contribution < 1.29 is 23.9 Å². The maximum Gasteiger partial charge on any atom is 0.328 e. The summed E-state index contributed by atoms with van der Waals surface area (Å²) in [5.74, 6) is -1.28. The summed E-state index contributed by atoms with van der Waals surface area (Å²) in [5.41, 5.74) is 1.40. The van der Waals surface area contributed by atoms with Gasteiger partial charge in [-0.25, -0.2) is 9.59 Å². The summed E-state index contributed by atoms with van der Waals surface area (Å²) in [6, 6.07) is 10.4. The number of piperazine rings is 1. The summed E-state index contributed by atoms with van der Waals surface area (Å²) in [6.45, 7) is 0.557. The largest absolute Gasteiger partial charge is 0.467 e. The summed E-state index contributed by atoms with van der Waals surface area (Å²) >= 11 is 0. The smallest absolute Gasteiger partial charge is 0.328 e. The Balaban J connectivity index is 1.52. The number of carbonyl (C=O) groups is 4. The fraction of sp³-hybridized carbons (Fsp3) is 0.464. The third-order valence-electron chi connectivity index (χ3n) is 7.20. The number of nitrogens with one attached hydrogen (secondary N) is 2. The maximum absolute atomic E-state index is 13.7. The number of benzene rings is 1. The number of anilines is 1. The molecule has 2 fully saturated rings. The third kappa shape index (κ3) is 6.87. The van der Waals surface area contributed by atoms with Crippen LogP contribution in [0.1, 0.15) is 37.7 Å². The number of methoxy groups -OCH3 is 1. The van der Waals surface area contributed by atoms with Gasteiger partial charge < -0.3 is 25.2 Å². The van der Waals surface area contributed by atoms with Crippen molar-refractivity contribution in [1.29, 1.82) is 0 Å². The van der Waals surface area contributed by atoms with Gasteiger partial charge in [-0.3, -0.25) is 14.6 Å². The second-order valence-corrected chi connectivity index (χ2v) is 9.77. The Labute approximate surface area is 222 Å². The van der Waals surface area contributed by atoms with Crippen molar-refractivity contribution in [3.8, 4) is 0 Å². The number of carbonyl (C=O) groups excluding carboxylic acids is 4. The number of amides is 4. The molecule has 4 amide bonds. The third-order valence-corrected chi connectivity index (χ3v) is 7.20. The molecule has 1 saturated heterocycles. The van der Waals surface area contributed by atoms with Crippen LogP contribution in [-0.4, -0.2) is 77.4 Å². The minimum absolute atomic E-state index is 0.0176. The van der Waals surface area contributed by atoms with Crippen molar-refractivity contribution in [2.45, 2.75) is 50.6 Å². The first kappa shape index (κ1) is 27.1. The molecule has 1 aromatic carbocycles. The Morgan fingerprint density at radius 3 is 2.47 bits per heavy atom. The zero-order valence-electron chi connectivity index (χ0n) is 21.7. The lowest BCUT2D eigenvalue weighted by Gasteiger charge is -2.42. The van der Waals surface area contributed by atoms with E-state index in [0.717, 1.165) is 37.7 Å². The average molecular weight is 522 g/mol. The number of nitrogens with zero attached hydrogens (tertiary/aromatic N) is 3. The highest BCUT2D eigenvalue weighted by atomic mass is 16.5. The summed E-state index contributed by atoms with van der Waals surface area (Å²) in [4.78, 5) is 60.0. The number of para-hydroxylation sites is 1. The Hall–Kier alpha value is -3.95. The van der Waals surface area contributed by atoms with Gasteiger partial charge in [0.25, 0.3) is 0 Å². The van der Waals surface area contributed by atoms with Gasteiger partial charge in [-0.1, -0.05) is 43.5 Å². The Bertz CT molecular complexity index is 1110. The van der Waals surface area contributed by atoms with Crippen molar-refractivity contribution >= 4 is 29.5 Å². The predicted molar refractivity (Wildman–Crippen MR) is 141 cm³/mol. The molecule has 2 aromatic rings. The lowest BCUT2D eigenvalue weighted by Crippen LogP contribution is -2.64. The molecule has 4 rings (SSSR count). The average Bonchev–Trinajstić information content (AvgIpc) is 2.97. The quantitative estimate of drug-likeness (QED) is 0.541. The lowest BCUT2D eigenvalue weighted by atomic mass is 9.87. The molecular weight excluding hydrogens is 486 g/mol. The number of hydrogen-bond donors (Lipinski definition) is 2. The fourth-order valence-corrected chi connectivity index (χ4v) is 5.12. The summed E-state index contributed by atoms with van der Waals surface area (Å²) in [5, 5.41) is 5.64. The van der Waals surface area contributed by atoms with E-state index in [0.29, 0.717) is 12.2 Å². The van der Waals surface area contributed by atoms with E-state index < -0.39 is 24.0 Å². The molecule has 0 radical (unpaired) electrons. The van der Waals surface area contributed by atoms with Gasteiger partial charge in [0.15, 0.2) is 0 Å². The van der Waals surface area contributed by atoms with Gasteiger partial charge in [0.1, 0.15) is 12.1 Å². The highest BCUT2D eigenvalue weighted by Crippen LogP contribution is 2.27. The molecule has 38 heavy (non-hydrogen) atoms. The van der Waals surface area contributed by atoms with Crippen molar-refractivity contribution in [3.63, 3.8) is 0 Å². The molecule has 2 aliphatic rings. The summed E-state index contributed by atoms with van der Waals surface area (Å²) in [6.07, 6.45) is 8.12. The molecule has 10 nitrogen and oxygen atoms in total. The molecular formula is C28H35N5O5. The summed E-state index contributed by atoms with van der Waals surface area (Å²) < 4.78 is 4.94. The number of urea groups is 1. The molecule has 1 aliphatic carbocycles. The molecule has 2 heterocycles. The van der Waals surface area contributed by atoms with E-state index in [1.165, 1.54) is 12.0 Å². The predicted octanol–water partition coefficient (Wildman–Crippen LogP) is 2.61. The number of pyridine rings is 1. The molecule has 202 valence electrons. The first-order valence-electron chi connectivity index (χ1n) is 13.1. The zero-order chi connectivity index (χ0) is 26.9. The molecule has 1 aliphatic heterocycles. The summed E-state index contributed by atoms with van der Waals surface area (Å²) in [7, 11) is 1.26. The van der Waals surface area contributed by atoms with E-state index in [1.807, 2.05) is 24.3 Å². The minimum atomic E-state index is -0.961. The van der Waals surface area contributed by atoms with Gasteiger partial charge in [0.2, 0.25) is 11.8 Å². The van der Waals surface area contributed by atoms with Crippen molar-refractivity contribution in [2.75, 3.05) is 32.1 Å². The molecule has 0 unspecified atom stereocenters. The number of hydrogen-bond acceptors (Lipinski definition) is 6. The van der Waals surface area contributed by atoms with Crippen molar-refractivity contribution in [1.82, 2.24) is 20.1 Å². The van der Waals surface area contributed by atoms with Crippen LogP contribution in [0.2, 0.25) is 0 Å². The Morgan fingerprint density at radius 1 is 1.03 bits per heavy atom. The van der Waals surface area contributed by atoms with Gasteiger partial charge in [0.05, 0.1) is 13.7 Å². The molecule has 2 atom stereocenters. The lowest BCUT2D eigenvalue weighted by molar-refractivity contribution is -0.149. The molecule has 10 heteroatoms. The molecule has 1 aromatic heterocycles. The van der Waals surface area contributed by atoms with Crippen LogP contribution in [0.4, 0.5) is 10.5 Å². The first-order valence-corrected chi connectivity index (χ1v) is 13.1. The van der Waals surface area contributed by atoms with Gasteiger partial charge in [-0.05, 0) is 36.6 Å². The minimum Gasteiger partial charge on any atom is -0.467 e. The van der Waals surface area contributed by atoms with E-state index in [-0.39, 0.29) is 37.4 Å². The molecule has 0 bridgehead atoms. The van der Waals surface area contributed by atoms with E-state index in [4.69, 9.17) is 4.74 Å². The van der Waals surface area contributed by atoms with Crippen LogP contribution in [-0.2, 0) is 25.5 Å². The zero-order valence-corrected chi connectivity index (χ0v) is 21.7. The molecule has 1 saturated carbocycles. The van der Waals surface area contributed by atoms with Crippen molar-refractivity contribution in [2.24, 2.45) is 5.92 Å². The van der Waals surface area contributed by atoms with E-state index in [9.17, 15) is 19.2 Å². The monoisotopic (exact) mass is 521 g/mol. The van der Waals surface area contributed by atoms with Crippen LogP contribution in [0, 0.1) is 5.92 Å².